The molecule has 0 aliphatic rings. The molecule has 0 bridgehead atoms. The van der Waals surface area contributed by atoms with E-state index >= 15 is 0 Å². The Bertz CT molecular complexity index is 857. The second-order valence-corrected chi connectivity index (χ2v) is 6.57. The summed E-state index contributed by atoms with van der Waals surface area (Å²) in [6.07, 6.45) is 4.99. The molecule has 136 valence electrons. The Labute approximate surface area is 153 Å². The SMILES string of the molecule is CN(C)CCCn1c(CCNC(=O)c2cccnc2)nc2ccccc21. The molecule has 0 aliphatic heterocycles. The fraction of sp³-hybridized carbons (Fsp3) is 0.350. The lowest BCUT2D eigenvalue weighted by atomic mass is 10.2. The molecule has 0 spiro atoms. The number of amides is 1. The molecule has 26 heavy (non-hydrogen) atoms. The number of aryl methyl sites for hydroxylation is 1. The van der Waals surface area contributed by atoms with Gasteiger partial charge in [0.05, 0.1) is 16.6 Å². The van der Waals surface area contributed by atoms with E-state index in [0.29, 0.717) is 18.5 Å². The highest BCUT2D eigenvalue weighted by Gasteiger charge is 2.11. The molecule has 1 aromatic carbocycles. The van der Waals surface area contributed by atoms with E-state index < -0.39 is 0 Å². The third-order valence-corrected chi connectivity index (χ3v) is 4.28. The molecule has 3 aromatic rings. The van der Waals surface area contributed by atoms with Gasteiger partial charge in [0.2, 0.25) is 0 Å². The first kappa shape index (κ1) is 18.1. The number of nitrogens with zero attached hydrogens (tertiary/aromatic N) is 4. The van der Waals surface area contributed by atoms with E-state index in [2.05, 4.69) is 39.9 Å². The highest BCUT2D eigenvalue weighted by Crippen LogP contribution is 2.17. The molecule has 1 amide bonds. The van der Waals surface area contributed by atoms with Gasteiger partial charge in [-0.05, 0) is 51.3 Å². The third-order valence-electron chi connectivity index (χ3n) is 4.28. The maximum Gasteiger partial charge on any atom is 0.252 e. The normalized spacial score (nSPS) is 11.2. The van der Waals surface area contributed by atoms with Crippen LogP contribution in [0.3, 0.4) is 0 Å². The first-order valence-corrected chi connectivity index (χ1v) is 8.92. The fourth-order valence-electron chi connectivity index (χ4n) is 3.00. The first-order chi connectivity index (χ1) is 12.6. The monoisotopic (exact) mass is 351 g/mol. The molecule has 6 nitrogen and oxygen atoms in total. The molecule has 0 saturated carbocycles. The van der Waals surface area contributed by atoms with Gasteiger partial charge < -0.3 is 14.8 Å². The van der Waals surface area contributed by atoms with Crippen molar-refractivity contribution in [2.45, 2.75) is 19.4 Å². The highest BCUT2D eigenvalue weighted by molar-refractivity contribution is 5.93. The van der Waals surface area contributed by atoms with Crippen LogP contribution in [0.2, 0.25) is 0 Å². The number of aromatic nitrogens is 3. The minimum absolute atomic E-state index is 0.103. The lowest BCUT2D eigenvalue weighted by molar-refractivity contribution is 0.0953. The van der Waals surface area contributed by atoms with Crippen molar-refractivity contribution in [1.82, 2.24) is 24.8 Å². The Morgan fingerprint density at radius 1 is 1.19 bits per heavy atom. The van der Waals surface area contributed by atoms with Crippen LogP contribution in [0, 0.1) is 0 Å². The zero-order valence-corrected chi connectivity index (χ0v) is 15.4. The molecule has 0 fully saturated rings. The summed E-state index contributed by atoms with van der Waals surface area (Å²) in [6.45, 7) is 2.50. The first-order valence-electron chi connectivity index (χ1n) is 8.92. The summed E-state index contributed by atoms with van der Waals surface area (Å²) >= 11 is 0. The topological polar surface area (TPSA) is 63.0 Å². The Morgan fingerprint density at radius 3 is 2.81 bits per heavy atom. The van der Waals surface area contributed by atoms with Gasteiger partial charge in [0.1, 0.15) is 5.82 Å². The average molecular weight is 351 g/mol. The molecule has 2 aromatic heterocycles. The molecule has 6 heteroatoms. The Kier molecular flexibility index (Phi) is 5.96. The van der Waals surface area contributed by atoms with Crippen molar-refractivity contribution in [1.29, 1.82) is 0 Å². The number of para-hydroxylation sites is 2. The second kappa shape index (κ2) is 8.58. The second-order valence-electron chi connectivity index (χ2n) is 6.57. The Hall–Kier alpha value is -2.73. The summed E-state index contributed by atoms with van der Waals surface area (Å²) in [4.78, 5) is 23.1. The summed E-state index contributed by atoms with van der Waals surface area (Å²) in [5.74, 6) is 0.907. The molecule has 0 saturated heterocycles. The smallest absolute Gasteiger partial charge is 0.252 e. The predicted octanol–water partition coefficient (Wildman–Crippen LogP) is 2.36. The molecule has 3 rings (SSSR count). The number of carbonyl (C=O) groups is 1. The zero-order valence-electron chi connectivity index (χ0n) is 15.4. The molecular weight excluding hydrogens is 326 g/mol. The van der Waals surface area contributed by atoms with Gasteiger partial charge in [-0.25, -0.2) is 4.98 Å². The van der Waals surface area contributed by atoms with Crippen molar-refractivity contribution < 1.29 is 4.79 Å². The van der Waals surface area contributed by atoms with Gasteiger partial charge in [-0.1, -0.05) is 12.1 Å². The largest absolute Gasteiger partial charge is 0.352 e. The van der Waals surface area contributed by atoms with Gasteiger partial charge in [-0.2, -0.15) is 0 Å². The number of imidazole rings is 1. The molecule has 2 heterocycles. The van der Waals surface area contributed by atoms with Gasteiger partial charge >= 0.3 is 0 Å². The van der Waals surface area contributed by atoms with Crippen LogP contribution in [0.25, 0.3) is 11.0 Å². The van der Waals surface area contributed by atoms with Crippen LogP contribution in [0.15, 0.2) is 48.8 Å². The minimum Gasteiger partial charge on any atom is -0.352 e. The molecule has 0 radical (unpaired) electrons. The van der Waals surface area contributed by atoms with Crippen molar-refractivity contribution in [2.75, 3.05) is 27.2 Å². The lowest BCUT2D eigenvalue weighted by Crippen LogP contribution is -2.26. The zero-order chi connectivity index (χ0) is 18.4. The fourth-order valence-corrected chi connectivity index (χ4v) is 3.00. The van der Waals surface area contributed by atoms with Crippen LogP contribution in [0.4, 0.5) is 0 Å². The number of pyridine rings is 1. The van der Waals surface area contributed by atoms with Crippen LogP contribution >= 0.6 is 0 Å². The quantitative estimate of drug-likeness (QED) is 0.677. The van der Waals surface area contributed by atoms with Gasteiger partial charge in [0, 0.05) is 31.9 Å². The van der Waals surface area contributed by atoms with Crippen molar-refractivity contribution in [3.8, 4) is 0 Å². The van der Waals surface area contributed by atoms with Crippen LogP contribution in [-0.2, 0) is 13.0 Å². The number of fused-ring (bicyclic) bond motifs is 1. The summed E-state index contributed by atoms with van der Waals surface area (Å²) in [5.41, 5.74) is 2.73. The Morgan fingerprint density at radius 2 is 2.04 bits per heavy atom. The maximum absolute atomic E-state index is 12.2. The number of carbonyl (C=O) groups excluding carboxylic acids is 1. The summed E-state index contributed by atoms with van der Waals surface area (Å²) in [6, 6.07) is 11.7. The van der Waals surface area contributed by atoms with Crippen LogP contribution in [0.5, 0.6) is 0 Å². The van der Waals surface area contributed by atoms with E-state index in [4.69, 9.17) is 4.98 Å². The lowest BCUT2D eigenvalue weighted by Gasteiger charge is -2.12. The number of hydrogen-bond donors (Lipinski definition) is 1. The van der Waals surface area contributed by atoms with Crippen molar-refractivity contribution in [3.05, 3.63) is 60.2 Å². The van der Waals surface area contributed by atoms with E-state index in [0.717, 1.165) is 36.4 Å². The van der Waals surface area contributed by atoms with E-state index in [9.17, 15) is 4.79 Å². The summed E-state index contributed by atoms with van der Waals surface area (Å²) in [7, 11) is 4.17. The number of benzene rings is 1. The summed E-state index contributed by atoms with van der Waals surface area (Å²) in [5, 5.41) is 2.95. The van der Waals surface area contributed by atoms with Gasteiger partial charge in [-0.15, -0.1) is 0 Å². The number of rotatable bonds is 8. The van der Waals surface area contributed by atoms with E-state index in [1.54, 1.807) is 24.5 Å². The van der Waals surface area contributed by atoms with Gasteiger partial charge in [0.25, 0.3) is 5.91 Å². The van der Waals surface area contributed by atoms with Crippen molar-refractivity contribution in [3.63, 3.8) is 0 Å². The van der Waals surface area contributed by atoms with Crippen molar-refractivity contribution in [2.24, 2.45) is 0 Å². The Balaban J connectivity index is 1.67. The van der Waals surface area contributed by atoms with Crippen LogP contribution in [-0.4, -0.2) is 52.5 Å². The third kappa shape index (κ3) is 4.46. The molecule has 1 N–H and O–H groups in total. The molecule has 0 atom stereocenters. The van der Waals surface area contributed by atoms with E-state index in [1.807, 2.05) is 18.2 Å². The van der Waals surface area contributed by atoms with Crippen LogP contribution in [0.1, 0.15) is 22.6 Å². The highest BCUT2D eigenvalue weighted by atomic mass is 16.1. The van der Waals surface area contributed by atoms with Gasteiger partial charge in [-0.3, -0.25) is 9.78 Å². The average Bonchev–Trinajstić information content (AvgIpc) is 3.00. The number of nitrogens with one attached hydrogen (secondary N) is 1. The molecule has 0 unspecified atom stereocenters. The van der Waals surface area contributed by atoms with E-state index in [-0.39, 0.29) is 5.91 Å². The van der Waals surface area contributed by atoms with Crippen molar-refractivity contribution >= 4 is 16.9 Å². The number of hydrogen-bond acceptors (Lipinski definition) is 4. The molecular formula is C20H25N5O. The standard InChI is InChI=1S/C20H25N5O/c1-24(2)13-6-14-25-18-9-4-3-8-17(18)23-19(25)10-12-22-20(26)16-7-5-11-21-15-16/h3-5,7-9,11,15H,6,10,12-14H2,1-2H3,(H,22,26). The predicted molar refractivity (Wildman–Crippen MR) is 103 cm³/mol. The maximum atomic E-state index is 12.2. The van der Waals surface area contributed by atoms with E-state index in [1.165, 1.54) is 0 Å². The van der Waals surface area contributed by atoms with Crippen LogP contribution < -0.4 is 5.32 Å². The minimum atomic E-state index is -0.103. The summed E-state index contributed by atoms with van der Waals surface area (Å²) < 4.78 is 2.27. The van der Waals surface area contributed by atoms with Gasteiger partial charge in [0.15, 0.2) is 0 Å². The molecule has 0 aliphatic carbocycles.